The Kier molecular flexibility index (Phi) is 5.77. The van der Waals surface area contributed by atoms with Crippen molar-refractivity contribution in [3.8, 4) is 0 Å². The number of hydrogen-bond acceptors (Lipinski definition) is 1. The Bertz CT molecular complexity index is 505. The predicted octanol–water partition coefficient (Wildman–Crippen LogP) is 4.76. The zero-order chi connectivity index (χ0) is 15.1. The first-order valence-electron chi connectivity index (χ1n) is 7.70. The summed E-state index contributed by atoms with van der Waals surface area (Å²) in [6, 6.07) is 21.9. The van der Waals surface area contributed by atoms with Gasteiger partial charge in [0, 0.05) is 12.0 Å². The Labute approximate surface area is 128 Å². The Balaban J connectivity index is 2.38. The third-order valence-electron chi connectivity index (χ3n) is 4.10. The van der Waals surface area contributed by atoms with E-state index >= 15 is 0 Å². The van der Waals surface area contributed by atoms with Gasteiger partial charge in [-0.2, -0.15) is 0 Å². The average molecular weight is 279 g/mol. The van der Waals surface area contributed by atoms with Crippen LogP contribution in [0.25, 0.3) is 0 Å². The van der Waals surface area contributed by atoms with Gasteiger partial charge in [-0.25, -0.2) is 0 Å². The second kappa shape index (κ2) is 7.80. The van der Waals surface area contributed by atoms with Gasteiger partial charge in [-0.05, 0) is 31.0 Å². The molecule has 0 saturated heterocycles. The molecule has 0 aliphatic carbocycles. The van der Waals surface area contributed by atoms with Crippen LogP contribution in [0.5, 0.6) is 0 Å². The Hall–Kier alpha value is -1.86. The number of hydrogen-bond donors (Lipinski definition) is 1. The fourth-order valence-electron chi connectivity index (χ4n) is 2.82. The van der Waals surface area contributed by atoms with E-state index < -0.39 is 0 Å². The zero-order valence-electron chi connectivity index (χ0n) is 13.0. The molecule has 21 heavy (non-hydrogen) atoms. The second-order valence-corrected chi connectivity index (χ2v) is 5.50. The molecular weight excluding hydrogens is 254 g/mol. The molecule has 1 N–H and O–H groups in total. The fourth-order valence-corrected chi connectivity index (χ4v) is 2.82. The van der Waals surface area contributed by atoms with Crippen LogP contribution < -0.4 is 5.32 Å². The van der Waals surface area contributed by atoms with Gasteiger partial charge in [0.25, 0.3) is 0 Å². The predicted molar refractivity (Wildman–Crippen MR) is 91.6 cm³/mol. The van der Waals surface area contributed by atoms with Gasteiger partial charge in [0.15, 0.2) is 0 Å². The second-order valence-electron chi connectivity index (χ2n) is 5.50. The van der Waals surface area contributed by atoms with E-state index in [0.717, 1.165) is 12.8 Å². The van der Waals surface area contributed by atoms with Crippen LogP contribution in [0.3, 0.4) is 0 Å². The van der Waals surface area contributed by atoms with Gasteiger partial charge in [0.2, 0.25) is 0 Å². The van der Waals surface area contributed by atoms with Crippen LogP contribution >= 0.6 is 0 Å². The standard InChI is InChI=1S/C20H25N/c1-4-16(2)15-19(21-3)20(17-11-7-5-8-12-17)18-13-9-6-10-14-18/h5-14,19-21H,2,4,15H2,1,3H3. The molecule has 0 saturated carbocycles. The van der Waals surface area contributed by atoms with Crippen LogP contribution in [-0.2, 0) is 0 Å². The summed E-state index contributed by atoms with van der Waals surface area (Å²) in [5, 5.41) is 3.50. The minimum Gasteiger partial charge on any atom is -0.316 e. The maximum absolute atomic E-state index is 4.19. The highest BCUT2D eigenvalue weighted by molar-refractivity contribution is 5.34. The van der Waals surface area contributed by atoms with Gasteiger partial charge < -0.3 is 5.32 Å². The summed E-state index contributed by atoms with van der Waals surface area (Å²) in [6.45, 7) is 6.37. The first-order chi connectivity index (χ1) is 10.3. The fraction of sp³-hybridized carbons (Fsp3) is 0.300. The van der Waals surface area contributed by atoms with Crippen LogP contribution in [0.4, 0.5) is 0 Å². The summed E-state index contributed by atoms with van der Waals surface area (Å²) < 4.78 is 0. The van der Waals surface area contributed by atoms with Crippen LogP contribution in [0.15, 0.2) is 72.8 Å². The van der Waals surface area contributed by atoms with Crippen molar-refractivity contribution in [3.05, 3.63) is 83.9 Å². The molecule has 0 aliphatic rings. The molecule has 0 aliphatic heterocycles. The van der Waals surface area contributed by atoms with Crippen LogP contribution in [0, 0.1) is 0 Å². The summed E-state index contributed by atoms with van der Waals surface area (Å²) >= 11 is 0. The van der Waals surface area contributed by atoms with Crippen molar-refractivity contribution in [2.75, 3.05) is 7.05 Å². The molecule has 0 fully saturated rings. The lowest BCUT2D eigenvalue weighted by Gasteiger charge is -2.28. The molecule has 0 heterocycles. The molecule has 1 nitrogen and oxygen atoms in total. The smallest absolute Gasteiger partial charge is 0.0246 e. The van der Waals surface area contributed by atoms with E-state index in [1.807, 2.05) is 7.05 Å². The molecule has 1 atom stereocenters. The van der Waals surface area contributed by atoms with Crippen LogP contribution in [0.1, 0.15) is 36.8 Å². The largest absolute Gasteiger partial charge is 0.316 e. The minimum absolute atomic E-state index is 0.348. The third kappa shape index (κ3) is 4.05. The highest BCUT2D eigenvalue weighted by atomic mass is 14.9. The average Bonchev–Trinajstić information content (AvgIpc) is 2.56. The number of benzene rings is 2. The first-order valence-corrected chi connectivity index (χ1v) is 7.70. The van der Waals surface area contributed by atoms with Crippen molar-refractivity contribution in [3.63, 3.8) is 0 Å². The van der Waals surface area contributed by atoms with Crippen molar-refractivity contribution in [1.82, 2.24) is 5.32 Å². The Morgan fingerprint density at radius 1 is 0.952 bits per heavy atom. The number of likely N-dealkylation sites (N-methyl/N-ethyl adjacent to an activating group) is 1. The SMILES string of the molecule is C=C(CC)CC(NC)C(c1ccccc1)c1ccccc1. The topological polar surface area (TPSA) is 12.0 Å². The summed E-state index contributed by atoms with van der Waals surface area (Å²) in [6.07, 6.45) is 2.04. The van der Waals surface area contributed by atoms with Crippen molar-refractivity contribution in [2.24, 2.45) is 0 Å². The van der Waals surface area contributed by atoms with E-state index in [0.29, 0.717) is 12.0 Å². The van der Waals surface area contributed by atoms with E-state index in [2.05, 4.69) is 79.5 Å². The summed E-state index contributed by atoms with van der Waals surface area (Å²) in [7, 11) is 2.05. The van der Waals surface area contributed by atoms with Gasteiger partial charge in [-0.1, -0.05) is 79.7 Å². The van der Waals surface area contributed by atoms with Gasteiger partial charge >= 0.3 is 0 Å². The van der Waals surface area contributed by atoms with E-state index in [9.17, 15) is 0 Å². The normalized spacial score (nSPS) is 12.3. The summed E-state index contributed by atoms with van der Waals surface area (Å²) in [5.41, 5.74) is 4.00. The van der Waals surface area contributed by atoms with Crippen LogP contribution in [0.2, 0.25) is 0 Å². The van der Waals surface area contributed by atoms with Gasteiger partial charge in [-0.3, -0.25) is 0 Å². The molecule has 0 amide bonds. The first kappa shape index (κ1) is 15.5. The molecule has 0 aromatic heterocycles. The maximum atomic E-state index is 4.19. The summed E-state index contributed by atoms with van der Waals surface area (Å²) in [4.78, 5) is 0. The van der Waals surface area contributed by atoms with Gasteiger partial charge in [0.05, 0.1) is 0 Å². The highest BCUT2D eigenvalue weighted by Crippen LogP contribution is 2.31. The van der Waals surface area contributed by atoms with E-state index in [-0.39, 0.29) is 0 Å². The summed E-state index contributed by atoms with van der Waals surface area (Å²) in [5.74, 6) is 0.348. The third-order valence-corrected chi connectivity index (χ3v) is 4.10. The molecule has 2 aromatic carbocycles. The Morgan fingerprint density at radius 2 is 1.43 bits per heavy atom. The van der Waals surface area contributed by atoms with Crippen LogP contribution in [-0.4, -0.2) is 13.1 Å². The van der Waals surface area contributed by atoms with Gasteiger partial charge in [-0.15, -0.1) is 0 Å². The lowest BCUT2D eigenvalue weighted by molar-refractivity contribution is 0.497. The molecule has 1 unspecified atom stereocenters. The maximum Gasteiger partial charge on any atom is 0.0246 e. The zero-order valence-corrected chi connectivity index (χ0v) is 13.0. The van der Waals surface area contributed by atoms with E-state index in [1.165, 1.54) is 16.7 Å². The van der Waals surface area contributed by atoms with E-state index in [4.69, 9.17) is 0 Å². The molecule has 0 radical (unpaired) electrons. The van der Waals surface area contributed by atoms with E-state index in [1.54, 1.807) is 0 Å². The van der Waals surface area contributed by atoms with Crippen molar-refractivity contribution >= 4 is 0 Å². The van der Waals surface area contributed by atoms with Crippen molar-refractivity contribution < 1.29 is 0 Å². The molecule has 2 aromatic rings. The van der Waals surface area contributed by atoms with Crippen molar-refractivity contribution in [2.45, 2.75) is 31.7 Å². The highest BCUT2D eigenvalue weighted by Gasteiger charge is 2.23. The van der Waals surface area contributed by atoms with Gasteiger partial charge in [0.1, 0.15) is 0 Å². The lowest BCUT2D eigenvalue weighted by atomic mass is 9.82. The molecule has 0 spiro atoms. The molecule has 1 heteroatoms. The number of nitrogens with one attached hydrogen (secondary N) is 1. The molecular formula is C20H25N. The lowest BCUT2D eigenvalue weighted by Crippen LogP contribution is -2.33. The molecule has 2 rings (SSSR count). The molecule has 0 bridgehead atoms. The molecule has 110 valence electrons. The Morgan fingerprint density at radius 3 is 1.81 bits per heavy atom. The van der Waals surface area contributed by atoms with Crippen molar-refractivity contribution in [1.29, 1.82) is 0 Å². The minimum atomic E-state index is 0.348. The monoisotopic (exact) mass is 279 g/mol. The quantitative estimate of drug-likeness (QED) is 0.720. The number of rotatable bonds is 7.